The molecule has 0 aliphatic heterocycles. The fourth-order valence-corrected chi connectivity index (χ4v) is 4.13. The summed E-state index contributed by atoms with van der Waals surface area (Å²) in [5.74, 6) is -0.0307. The van der Waals surface area contributed by atoms with Gasteiger partial charge in [0.1, 0.15) is 24.3 Å². The van der Waals surface area contributed by atoms with Crippen LogP contribution in [0.2, 0.25) is 0 Å². The van der Waals surface area contributed by atoms with Crippen LogP contribution < -0.4 is 21.7 Å². The van der Waals surface area contributed by atoms with Crippen molar-refractivity contribution in [3.63, 3.8) is 0 Å². The molecule has 0 saturated heterocycles. The number of alkyl carbamates (subject to hydrolysis) is 2. The number of hydrogen-bond acceptors (Lipinski definition) is 10. The zero-order valence-corrected chi connectivity index (χ0v) is 32.6. The van der Waals surface area contributed by atoms with Crippen molar-refractivity contribution in [1.29, 1.82) is 5.26 Å². The van der Waals surface area contributed by atoms with Crippen molar-refractivity contribution in [3.05, 3.63) is 130 Å². The Morgan fingerprint density at radius 1 is 0.818 bits per heavy atom. The Balaban J connectivity index is 0.000000887. The molecule has 2 amide bonds. The number of nitrogens with two attached hydrogens (primary N) is 1. The number of allylic oxidation sites excluding steroid dienone is 1. The monoisotopic (exact) mass is 758 g/mol. The molecule has 2 rings (SSSR count). The molecule has 0 spiro atoms. The number of carbonyl (C=O) groups is 2. The lowest BCUT2D eigenvalue weighted by Crippen LogP contribution is -2.49. The van der Waals surface area contributed by atoms with Crippen molar-refractivity contribution >= 4 is 12.2 Å². The molecule has 0 aliphatic rings. The molecule has 2 aromatic rings. The number of carbonyl (C=O) groups excluding carboxylic acids is 2. The molecule has 0 radical (unpaired) electrons. The summed E-state index contributed by atoms with van der Waals surface area (Å²) in [6.45, 7) is 32.7. The second-order valence-corrected chi connectivity index (χ2v) is 13.6. The van der Waals surface area contributed by atoms with E-state index in [2.05, 4.69) is 35.2 Å². The maximum Gasteiger partial charge on any atom is 0.554 e. The molecule has 296 valence electrons. The van der Waals surface area contributed by atoms with Gasteiger partial charge in [-0.3, -0.25) is 0 Å². The van der Waals surface area contributed by atoms with E-state index < -0.39 is 47.7 Å². The largest absolute Gasteiger partial charge is 0.554 e. The first-order valence-corrected chi connectivity index (χ1v) is 17.3. The van der Waals surface area contributed by atoms with E-state index in [4.69, 9.17) is 40.2 Å². The van der Waals surface area contributed by atoms with Crippen LogP contribution in [0.15, 0.2) is 84.6 Å². The van der Waals surface area contributed by atoms with Crippen LogP contribution in [0, 0.1) is 31.0 Å². The summed E-state index contributed by atoms with van der Waals surface area (Å²) in [5, 5.41) is 37.2. The van der Waals surface area contributed by atoms with Gasteiger partial charge in [0.25, 0.3) is 5.70 Å². The minimum absolute atomic E-state index is 0.0307. The van der Waals surface area contributed by atoms with Crippen LogP contribution in [-0.2, 0) is 27.1 Å². The maximum absolute atomic E-state index is 12.1. The van der Waals surface area contributed by atoms with Gasteiger partial charge in [-0.1, -0.05) is 60.7 Å². The summed E-state index contributed by atoms with van der Waals surface area (Å²) < 4.78 is 15.1. The molecule has 7 N–H and O–H groups in total. The van der Waals surface area contributed by atoms with E-state index >= 15 is 0 Å². The minimum atomic E-state index is -0.954. The zero-order chi connectivity index (χ0) is 41.9. The second-order valence-electron chi connectivity index (χ2n) is 13.6. The van der Waals surface area contributed by atoms with Crippen molar-refractivity contribution in [2.75, 3.05) is 19.7 Å². The Kier molecular flexibility index (Phi) is 23.7. The fraction of sp³-hybridized carbons (Fsp3) is 0.450. The van der Waals surface area contributed by atoms with Crippen molar-refractivity contribution in [3.8, 4) is 6.07 Å². The smallest absolute Gasteiger partial charge is 0.505 e. The van der Waals surface area contributed by atoms with E-state index in [1.54, 1.807) is 54.5 Å². The topological polar surface area (TPSA) is 201 Å². The van der Waals surface area contributed by atoms with Gasteiger partial charge < -0.3 is 46.1 Å². The van der Waals surface area contributed by atoms with Crippen LogP contribution in [0.25, 0.3) is 14.5 Å². The molecule has 4 atom stereocenters. The van der Waals surface area contributed by atoms with Crippen LogP contribution in [0.1, 0.15) is 59.6 Å². The van der Waals surface area contributed by atoms with Crippen molar-refractivity contribution in [1.82, 2.24) is 16.0 Å². The van der Waals surface area contributed by atoms with Crippen LogP contribution in [-0.4, -0.2) is 77.6 Å². The normalized spacial score (nSPS) is 12.8. The highest BCUT2D eigenvalue weighted by Crippen LogP contribution is 2.12. The Morgan fingerprint density at radius 2 is 1.25 bits per heavy atom. The van der Waals surface area contributed by atoms with Gasteiger partial charge >= 0.3 is 18.0 Å². The van der Waals surface area contributed by atoms with Crippen molar-refractivity contribution in [2.45, 2.75) is 96.8 Å². The molecular weight excluding hydrogens is 704 g/mol. The SMILES string of the molecule is CC(C)(C)OC(=O)NC(Cc1ccccc1)C(O)CN.[C-]#[N+]/C(C#N)=C\NCC(O)C(Cc1ccccc1)NC(=O)OC(C)(C)C.[C-]#[N+]C(=COCC)[N+]#[C-]. The van der Waals surface area contributed by atoms with Crippen LogP contribution >= 0.6 is 0 Å². The quantitative estimate of drug-likeness (QED) is 0.0817. The van der Waals surface area contributed by atoms with Gasteiger partial charge in [0, 0.05) is 19.3 Å². The summed E-state index contributed by atoms with van der Waals surface area (Å²) >= 11 is 0. The summed E-state index contributed by atoms with van der Waals surface area (Å²) in [6.07, 6.45) is 0.368. The van der Waals surface area contributed by atoms with Crippen LogP contribution in [0.3, 0.4) is 0 Å². The summed E-state index contributed by atoms with van der Waals surface area (Å²) in [4.78, 5) is 32.6. The number of aliphatic hydroxyl groups excluding tert-OH is 2. The first-order chi connectivity index (χ1) is 25.9. The highest BCUT2D eigenvalue weighted by atomic mass is 16.6. The molecular formula is C40H54N8O7. The molecule has 15 heteroatoms. The molecule has 4 unspecified atom stereocenters. The maximum atomic E-state index is 12.1. The van der Waals surface area contributed by atoms with Crippen LogP contribution in [0.4, 0.5) is 9.59 Å². The highest BCUT2D eigenvalue weighted by molar-refractivity contribution is 5.68. The summed E-state index contributed by atoms with van der Waals surface area (Å²) in [7, 11) is 0. The molecule has 15 nitrogen and oxygen atoms in total. The van der Waals surface area contributed by atoms with Crippen LogP contribution in [0.5, 0.6) is 0 Å². The third-order valence-corrected chi connectivity index (χ3v) is 6.56. The number of aliphatic hydroxyl groups is 2. The molecule has 0 aliphatic carbocycles. The van der Waals surface area contributed by atoms with Gasteiger partial charge in [-0.2, -0.15) is 9.69 Å². The fourth-order valence-electron chi connectivity index (χ4n) is 4.13. The molecule has 55 heavy (non-hydrogen) atoms. The second kappa shape index (κ2) is 26.6. The van der Waals surface area contributed by atoms with Gasteiger partial charge in [0.15, 0.2) is 6.26 Å². The predicted molar refractivity (Wildman–Crippen MR) is 209 cm³/mol. The zero-order valence-electron chi connectivity index (χ0n) is 32.6. The Hall–Kier alpha value is -6.10. The summed E-state index contributed by atoms with van der Waals surface area (Å²) in [6, 6.07) is 19.7. The van der Waals surface area contributed by atoms with E-state index in [1.165, 1.54) is 12.5 Å². The molecule has 0 aromatic heterocycles. The number of amides is 2. The molecule has 0 fully saturated rings. The lowest BCUT2D eigenvalue weighted by atomic mass is 10.0. The van der Waals surface area contributed by atoms with Crippen molar-refractivity contribution in [2.24, 2.45) is 5.73 Å². The number of nitrogens with zero attached hydrogens (tertiary/aromatic N) is 4. The average molecular weight is 759 g/mol. The Labute approximate surface area is 325 Å². The van der Waals surface area contributed by atoms with E-state index in [0.29, 0.717) is 19.4 Å². The molecule has 2 aromatic carbocycles. The highest BCUT2D eigenvalue weighted by Gasteiger charge is 2.26. The van der Waals surface area contributed by atoms with E-state index in [0.717, 1.165) is 11.1 Å². The molecule has 0 heterocycles. The average Bonchev–Trinajstić information content (AvgIpc) is 3.13. The van der Waals surface area contributed by atoms with Gasteiger partial charge in [-0.05, 0) is 72.4 Å². The Bertz CT molecular complexity index is 1630. The summed E-state index contributed by atoms with van der Waals surface area (Å²) in [5.41, 5.74) is 6.11. The van der Waals surface area contributed by atoms with Gasteiger partial charge in [0.05, 0.1) is 43.5 Å². The third kappa shape index (κ3) is 24.7. The Morgan fingerprint density at radius 3 is 1.60 bits per heavy atom. The first-order valence-electron chi connectivity index (χ1n) is 17.3. The van der Waals surface area contributed by atoms with Gasteiger partial charge in [-0.25, -0.2) is 19.7 Å². The van der Waals surface area contributed by atoms with E-state index in [-0.39, 0.29) is 24.6 Å². The standard InChI is InChI=1S/C19H24N4O3.C15H24N2O3.C6H6N2O/c1-19(2,3)26-18(25)23-16(10-14-8-6-5-7-9-14)17(24)13-22-12-15(11-20)21-4;1-15(2,3)20-14(19)17-12(13(18)10-16)9-11-7-5-4-6-8-11;1-4-9-5-6(7-2)8-3/h5-9,12,16-17,22,24H,10,13H2,1-3H3,(H,23,25);4-8,12-13,18H,9-10,16H2,1-3H3,(H,17,19);5H,4H2,1H3/b15-12-;;. The molecule has 0 saturated carbocycles. The minimum Gasteiger partial charge on any atom is -0.505 e. The van der Waals surface area contributed by atoms with Crippen molar-refractivity contribution < 1.29 is 34.0 Å². The molecule has 0 bridgehead atoms. The number of rotatable bonds is 14. The number of hydrogen-bond donors (Lipinski definition) is 6. The van der Waals surface area contributed by atoms with E-state index in [1.807, 2.05) is 60.7 Å². The number of nitrogens with one attached hydrogen (secondary N) is 3. The number of benzene rings is 2. The third-order valence-electron chi connectivity index (χ3n) is 6.56. The van der Waals surface area contributed by atoms with E-state index in [9.17, 15) is 19.8 Å². The first kappa shape index (κ1) is 48.9. The number of nitriles is 1. The lowest BCUT2D eigenvalue weighted by Gasteiger charge is -2.27. The van der Waals surface area contributed by atoms with Gasteiger partial charge in [-0.15, -0.1) is 0 Å². The predicted octanol–water partition coefficient (Wildman–Crippen LogP) is 5.46. The lowest BCUT2D eigenvalue weighted by molar-refractivity contribution is 0.0419. The number of ether oxygens (including phenoxy) is 3. The van der Waals surface area contributed by atoms with Gasteiger partial charge in [0.2, 0.25) is 0 Å².